The van der Waals surface area contributed by atoms with Crippen LogP contribution in [0.4, 0.5) is 5.69 Å². The van der Waals surface area contributed by atoms with Gasteiger partial charge in [-0.15, -0.1) is 10.2 Å². The molecule has 1 N–H and O–H groups in total. The van der Waals surface area contributed by atoms with Crippen molar-refractivity contribution in [2.24, 2.45) is 5.92 Å². The van der Waals surface area contributed by atoms with Gasteiger partial charge in [0.05, 0.1) is 5.69 Å². The van der Waals surface area contributed by atoms with Gasteiger partial charge < -0.3 is 10.2 Å². The van der Waals surface area contributed by atoms with E-state index in [1.54, 1.807) is 6.07 Å². The minimum absolute atomic E-state index is 0.389. The van der Waals surface area contributed by atoms with Crippen molar-refractivity contribution in [2.75, 3.05) is 31.6 Å². The van der Waals surface area contributed by atoms with Crippen LogP contribution >= 0.6 is 23.2 Å². The number of nitrogens with one attached hydrogen (secondary N) is 1. The highest BCUT2D eigenvalue weighted by atomic mass is 35.5. The maximum Gasteiger partial charge on any atom is 0.175 e. The van der Waals surface area contributed by atoms with Crippen LogP contribution in [0.3, 0.4) is 0 Å². The molecule has 1 aliphatic heterocycles. The Morgan fingerprint density at radius 1 is 1.47 bits per heavy atom. The number of aromatic nitrogens is 2. The lowest BCUT2D eigenvalue weighted by Crippen LogP contribution is -2.39. The Morgan fingerprint density at radius 2 is 2.29 bits per heavy atom. The first kappa shape index (κ1) is 12.9. The number of rotatable bonds is 3. The smallest absolute Gasteiger partial charge is 0.175 e. The molecule has 1 fully saturated rings. The summed E-state index contributed by atoms with van der Waals surface area (Å²) in [4.78, 5) is 2.24. The van der Waals surface area contributed by atoms with Crippen molar-refractivity contribution in [3.8, 4) is 0 Å². The lowest BCUT2D eigenvalue weighted by Gasteiger charge is -2.34. The second-order valence-electron chi connectivity index (χ2n) is 4.36. The van der Waals surface area contributed by atoms with Crippen molar-refractivity contribution in [1.29, 1.82) is 0 Å². The third-order valence-corrected chi connectivity index (χ3v) is 3.51. The van der Waals surface area contributed by atoms with E-state index in [0.717, 1.165) is 25.3 Å². The van der Waals surface area contributed by atoms with Crippen LogP contribution in [0.5, 0.6) is 0 Å². The largest absolute Gasteiger partial charge is 0.369 e. The number of nitrogens with zero attached hydrogens (tertiary/aromatic N) is 3. The van der Waals surface area contributed by atoms with Gasteiger partial charge in [0, 0.05) is 19.2 Å². The molecule has 1 aromatic rings. The summed E-state index contributed by atoms with van der Waals surface area (Å²) in [5, 5.41) is 11.6. The minimum atomic E-state index is 0.389. The molecular formula is C11H16Cl2N4. The van der Waals surface area contributed by atoms with Gasteiger partial charge in [-0.25, -0.2) is 0 Å². The van der Waals surface area contributed by atoms with E-state index >= 15 is 0 Å². The molecule has 0 radical (unpaired) electrons. The normalized spacial score (nSPS) is 20.6. The predicted octanol–water partition coefficient (Wildman–Crippen LogP) is 2.22. The van der Waals surface area contributed by atoms with E-state index in [-0.39, 0.29) is 0 Å². The number of anilines is 1. The number of hydrogen-bond acceptors (Lipinski definition) is 4. The Hall–Kier alpha value is -0.580. The van der Waals surface area contributed by atoms with Crippen molar-refractivity contribution in [3.05, 3.63) is 16.4 Å². The molecule has 17 heavy (non-hydrogen) atoms. The first-order valence-electron chi connectivity index (χ1n) is 5.79. The summed E-state index contributed by atoms with van der Waals surface area (Å²) in [7, 11) is 1.98. The molecule has 0 saturated carbocycles. The van der Waals surface area contributed by atoms with Crippen LogP contribution in [0.25, 0.3) is 0 Å². The molecule has 0 amide bonds. The third kappa shape index (κ3) is 3.21. The SMILES string of the molecule is CNCC1CCCN(c2cc(Cl)nnc2Cl)C1. The van der Waals surface area contributed by atoms with Gasteiger partial charge in [0.1, 0.15) is 0 Å². The molecule has 0 spiro atoms. The highest BCUT2D eigenvalue weighted by molar-refractivity contribution is 6.33. The summed E-state index contributed by atoms with van der Waals surface area (Å²) in [6, 6.07) is 1.79. The fraction of sp³-hybridized carbons (Fsp3) is 0.636. The fourth-order valence-corrected chi connectivity index (χ4v) is 2.66. The maximum absolute atomic E-state index is 6.06. The van der Waals surface area contributed by atoms with Crippen molar-refractivity contribution < 1.29 is 0 Å². The van der Waals surface area contributed by atoms with Crippen LogP contribution in [0.15, 0.2) is 6.07 Å². The summed E-state index contributed by atoms with van der Waals surface area (Å²) >= 11 is 11.9. The van der Waals surface area contributed by atoms with E-state index in [2.05, 4.69) is 20.4 Å². The molecule has 0 aliphatic carbocycles. The van der Waals surface area contributed by atoms with E-state index in [1.807, 2.05) is 7.05 Å². The van der Waals surface area contributed by atoms with Gasteiger partial charge in [-0.2, -0.15) is 0 Å². The molecule has 0 aromatic carbocycles. The minimum Gasteiger partial charge on any atom is -0.369 e. The molecule has 0 bridgehead atoms. The summed E-state index contributed by atoms with van der Waals surface area (Å²) < 4.78 is 0. The van der Waals surface area contributed by atoms with Crippen molar-refractivity contribution in [3.63, 3.8) is 0 Å². The van der Waals surface area contributed by atoms with Crippen molar-refractivity contribution in [2.45, 2.75) is 12.8 Å². The molecule has 1 saturated heterocycles. The molecule has 1 unspecified atom stereocenters. The highest BCUT2D eigenvalue weighted by Crippen LogP contribution is 2.29. The first-order chi connectivity index (χ1) is 8.20. The number of piperidine rings is 1. The summed E-state index contributed by atoms with van der Waals surface area (Å²) in [5.74, 6) is 0.650. The average molecular weight is 275 g/mol. The van der Waals surface area contributed by atoms with E-state index < -0.39 is 0 Å². The summed E-state index contributed by atoms with van der Waals surface area (Å²) in [6.07, 6.45) is 2.42. The third-order valence-electron chi connectivity index (χ3n) is 3.05. The summed E-state index contributed by atoms with van der Waals surface area (Å²) in [5.41, 5.74) is 0.896. The molecule has 1 atom stereocenters. The highest BCUT2D eigenvalue weighted by Gasteiger charge is 2.22. The van der Waals surface area contributed by atoms with Gasteiger partial charge in [-0.05, 0) is 32.4 Å². The molecule has 1 aliphatic rings. The Labute approximate surface area is 111 Å². The maximum atomic E-state index is 6.06. The molecule has 2 rings (SSSR count). The van der Waals surface area contributed by atoms with Gasteiger partial charge in [-0.1, -0.05) is 23.2 Å². The molecule has 6 heteroatoms. The number of halogens is 2. The first-order valence-corrected chi connectivity index (χ1v) is 6.54. The molecular weight excluding hydrogens is 259 g/mol. The lowest BCUT2D eigenvalue weighted by molar-refractivity contribution is 0.402. The van der Waals surface area contributed by atoms with Gasteiger partial charge in [0.2, 0.25) is 0 Å². The molecule has 2 heterocycles. The van der Waals surface area contributed by atoms with Gasteiger partial charge >= 0.3 is 0 Å². The van der Waals surface area contributed by atoms with E-state index in [4.69, 9.17) is 23.2 Å². The van der Waals surface area contributed by atoms with Crippen LogP contribution in [0.2, 0.25) is 10.3 Å². The van der Waals surface area contributed by atoms with E-state index in [9.17, 15) is 0 Å². The zero-order valence-corrected chi connectivity index (χ0v) is 11.3. The quantitative estimate of drug-likeness (QED) is 0.918. The standard InChI is InChI=1S/C11H16Cl2N4/c1-14-6-8-3-2-4-17(7-8)9-5-10(12)15-16-11(9)13/h5,8,14H,2-4,6-7H2,1H3. The summed E-state index contributed by atoms with van der Waals surface area (Å²) in [6.45, 7) is 3.02. The van der Waals surface area contributed by atoms with Crippen molar-refractivity contribution >= 4 is 28.9 Å². The van der Waals surface area contributed by atoms with E-state index in [1.165, 1.54) is 12.8 Å². The fourth-order valence-electron chi connectivity index (χ4n) is 2.31. The molecule has 1 aromatic heterocycles. The topological polar surface area (TPSA) is 41.0 Å². The van der Waals surface area contributed by atoms with Crippen LogP contribution < -0.4 is 10.2 Å². The van der Waals surface area contributed by atoms with Gasteiger partial charge in [0.25, 0.3) is 0 Å². The number of hydrogen-bond donors (Lipinski definition) is 1. The Morgan fingerprint density at radius 3 is 3.06 bits per heavy atom. The predicted molar refractivity (Wildman–Crippen MR) is 70.9 cm³/mol. The van der Waals surface area contributed by atoms with Crippen LogP contribution in [-0.4, -0.2) is 36.9 Å². The molecule has 94 valence electrons. The average Bonchev–Trinajstić information content (AvgIpc) is 2.33. The lowest BCUT2D eigenvalue weighted by atomic mass is 9.98. The van der Waals surface area contributed by atoms with Crippen molar-refractivity contribution in [1.82, 2.24) is 15.5 Å². The monoisotopic (exact) mass is 274 g/mol. The molecule has 4 nitrogen and oxygen atoms in total. The van der Waals surface area contributed by atoms with Gasteiger partial charge in [-0.3, -0.25) is 0 Å². The Balaban J connectivity index is 2.13. The second-order valence-corrected chi connectivity index (χ2v) is 5.10. The Kier molecular flexibility index (Phi) is 4.42. The Bertz CT molecular complexity index is 384. The van der Waals surface area contributed by atoms with Gasteiger partial charge in [0.15, 0.2) is 10.3 Å². The second kappa shape index (κ2) is 5.85. The van der Waals surface area contributed by atoms with E-state index in [0.29, 0.717) is 16.2 Å². The zero-order chi connectivity index (χ0) is 12.3. The van der Waals surface area contributed by atoms with Crippen LogP contribution in [0, 0.1) is 5.92 Å². The van der Waals surface area contributed by atoms with Crippen LogP contribution in [-0.2, 0) is 0 Å². The zero-order valence-electron chi connectivity index (χ0n) is 9.79. The van der Waals surface area contributed by atoms with Crippen LogP contribution in [0.1, 0.15) is 12.8 Å².